The van der Waals surface area contributed by atoms with Crippen molar-refractivity contribution in [2.45, 2.75) is 33.3 Å². The first-order chi connectivity index (χ1) is 5.72. The van der Waals surface area contributed by atoms with Gasteiger partial charge < -0.3 is 5.11 Å². The third-order valence-corrected chi connectivity index (χ3v) is 2.73. The lowest BCUT2D eigenvalue weighted by atomic mass is 10.1. The van der Waals surface area contributed by atoms with Gasteiger partial charge in [0, 0.05) is 6.20 Å². The summed E-state index contributed by atoms with van der Waals surface area (Å²) >= 11 is 1.61. The van der Waals surface area contributed by atoms with Crippen LogP contribution in [-0.2, 0) is 13.0 Å². The standard InChI is InChI=1S/C9H15NOS/c1-7(2)3-4-9-10-5-8(6-11)12-9/h5,7,11H,3-4,6H2,1-2H3. The Bertz CT molecular complexity index is 232. The Labute approximate surface area is 77.3 Å². The topological polar surface area (TPSA) is 33.1 Å². The zero-order chi connectivity index (χ0) is 8.97. The molecule has 0 aliphatic heterocycles. The fourth-order valence-electron chi connectivity index (χ4n) is 0.949. The molecule has 0 atom stereocenters. The van der Waals surface area contributed by atoms with Gasteiger partial charge in [0.15, 0.2) is 0 Å². The van der Waals surface area contributed by atoms with Crippen molar-refractivity contribution in [2.24, 2.45) is 5.92 Å². The SMILES string of the molecule is CC(C)CCc1ncc(CO)s1. The molecule has 3 heteroatoms. The molecule has 68 valence electrons. The van der Waals surface area contributed by atoms with Gasteiger partial charge in [0.25, 0.3) is 0 Å². The highest BCUT2D eigenvalue weighted by Gasteiger charge is 2.01. The fraction of sp³-hybridized carbons (Fsp3) is 0.667. The van der Waals surface area contributed by atoms with Crippen molar-refractivity contribution < 1.29 is 5.11 Å². The molecular formula is C9H15NOS. The molecule has 0 bridgehead atoms. The molecule has 0 aliphatic rings. The molecule has 1 N–H and O–H groups in total. The summed E-state index contributed by atoms with van der Waals surface area (Å²) in [7, 11) is 0. The number of hydrogen-bond acceptors (Lipinski definition) is 3. The number of aliphatic hydroxyl groups is 1. The Morgan fingerprint density at radius 2 is 2.33 bits per heavy atom. The molecule has 1 aromatic heterocycles. The van der Waals surface area contributed by atoms with E-state index >= 15 is 0 Å². The van der Waals surface area contributed by atoms with Gasteiger partial charge in [-0.1, -0.05) is 13.8 Å². The van der Waals surface area contributed by atoms with Crippen LogP contribution >= 0.6 is 11.3 Å². The van der Waals surface area contributed by atoms with Gasteiger partial charge in [-0.3, -0.25) is 0 Å². The molecule has 0 aliphatic carbocycles. The molecule has 0 amide bonds. The van der Waals surface area contributed by atoms with Gasteiger partial charge in [0.1, 0.15) is 0 Å². The van der Waals surface area contributed by atoms with E-state index in [1.165, 1.54) is 6.42 Å². The molecule has 1 aromatic rings. The van der Waals surface area contributed by atoms with Crippen LogP contribution in [0.3, 0.4) is 0 Å². The van der Waals surface area contributed by atoms with Crippen LogP contribution in [0.2, 0.25) is 0 Å². The summed E-state index contributed by atoms with van der Waals surface area (Å²) in [5.41, 5.74) is 0. The number of thiazole rings is 1. The third-order valence-electron chi connectivity index (χ3n) is 1.69. The first-order valence-corrected chi connectivity index (χ1v) is 5.08. The molecule has 0 saturated carbocycles. The summed E-state index contributed by atoms with van der Waals surface area (Å²) < 4.78 is 0. The van der Waals surface area contributed by atoms with Crippen molar-refractivity contribution in [1.82, 2.24) is 4.98 Å². The minimum atomic E-state index is 0.124. The van der Waals surface area contributed by atoms with Crippen LogP contribution in [0.5, 0.6) is 0 Å². The predicted octanol–water partition coefficient (Wildman–Crippen LogP) is 2.22. The maximum absolute atomic E-state index is 8.80. The van der Waals surface area contributed by atoms with Gasteiger partial charge in [0.2, 0.25) is 0 Å². The normalized spacial score (nSPS) is 11.0. The minimum Gasteiger partial charge on any atom is -0.391 e. The van der Waals surface area contributed by atoms with E-state index in [9.17, 15) is 0 Å². The Hall–Kier alpha value is -0.410. The molecule has 0 spiro atoms. The van der Waals surface area contributed by atoms with Gasteiger partial charge >= 0.3 is 0 Å². The van der Waals surface area contributed by atoms with Crippen molar-refractivity contribution in [3.63, 3.8) is 0 Å². The van der Waals surface area contributed by atoms with Gasteiger partial charge in [-0.15, -0.1) is 11.3 Å². The number of hydrogen-bond donors (Lipinski definition) is 1. The number of aryl methyl sites for hydroxylation is 1. The highest BCUT2D eigenvalue weighted by atomic mass is 32.1. The predicted molar refractivity (Wildman–Crippen MR) is 51.2 cm³/mol. The fourth-order valence-corrected chi connectivity index (χ4v) is 1.75. The molecular weight excluding hydrogens is 170 g/mol. The van der Waals surface area contributed by atoms with Crippen molar-refractivity contribution in [2.75, 3.05) is 0 Å². The number of rotatable bonds is 4. The third kappa shape index (κ3) is 2.91. The summed E-state index contributed by atoms with van der Waals surface area (Å²) in [4.78, 5) is 5.18. The van der Waals surface area contributed by atoms with E-state index in [1.807, 2.05) is 0 Å². The van der Waals surface area contributed by atoms with E-state index in [-0.39, 0.29) is 6.61 Å². The second-order valence-electron chi connectivity index (χ2n) is 3.31. The zero-order valence-electron chi connectivity index (χ0n) is 7.58. The van der Waals surface area contributed by atoms with E-state index in [0.29, 0.717) is 0 Å². The lowest BCUT2D eigenvalue weighted by molar-refractivity contribution is 0.285. The molecule has 2 nitrogen and oxygen atoms in total. The number of nitrogens with zero attached hydrogens (tertiary/aromatic N) is 1. The minimum absolute atomic E-state index is 0.124. The van der Waals surface area contributed by atoms with Gasteiger partial charge in [0.05, 0.1) is 16.5 Å². The van der Waals surface area contributed by atoms with Crippen LogP contribution in [0.15, 0.2) is 6.20 Å². The molecule has 0 radical (unpaired) electrons. The van der Waals surface area contributed by atoms with E-state index in [4.69, 9.17) is 5.11 Å². The summed E-state index contributed by atoms with van der Waals surface area (Å²) in [6.45, 7) is 4.54. The Morgan fingerprint density at radius 1 is 1.58 bits per heavy atom. The highest BCUT2D eigenvalue weighted by Crippen LogP contribution is 2.16. The number of aliphatic hydroxyl groups excluding tert-OH is 1. The van der Waals surface area contributed by atoms with Crippen LogP contribution in [0.25, 0.3) is 0 Å². The molecule has 12 heavy (non-hydrogen) atoms. The molecule has 1 rings (SSSR count). The van der Waals surface area contributed by atoms with Crippen LogP contribution < -0.4 is 0 Å². The maximum Gasteiger partial charge on any atom is 0.0928 e. The number of aromatic nitrogens is 1. The van der Waals surface area contributed by atoms with E-state index < -0.39 is 0 Å². The Balaban J connectivity index is 2.41. The quantitative estimate of drug-likeness (QED) is 0.780. The van der Waals surface area contributed by atoms with E-state index in [2.05, 4.69) is 18.8 Å². The maximum atomic E-state index is 8.80. The monoisotopic (exact) mass is 185 g/mol. The largest absolute Gasteiger partial charge is 0.391 e. The summed E-state index contributed by atoms with van der Waals surface area (Å²) in [6.07, 6.45) is 3.99. The van der Waals surface area contributed by atoms with Gasteiger partial charge in [-0.05, 0) is 18.8 Å². The molecule has 0 fully saturated rings. The van der Waals surface area contributed by atoms with Crippen LogP contribution in [0, 0.1) is 5.92 Å². The first-order valence-electron chi connectivity index (χ1n) is 4.27. The average Bonchev–Trinajstić information content (AvgIpc) is 2.48. The Kier molecular flexibility index (Phi) is 3.69. The zero-order valence-corrected chi connectivity index (χ0v) is 8.40. The van der Waals surface area contributed by atoms with E-state index in [0.717, 1.165) is 22.2 Å². The average molecular weight is 185 g/mol. The van der Waals surface area contributed by atoms with Gasteiger partial charge in [-0.25, -0.2) is 4.98 Å². The molecule has 0 unspecified atom stereocenters. The van der Waals surface area contributed by atoms with Crippen LogP contribution in [-0.4, -0.2) is 10.1 Å². The second kappa shape index (κ2) is 4.58. The van der Waals surface area contributed by atoms with Crippen molar-refractivity contribution in [3.05, 3.63) is 16.1 Å². The second-order valence-corrected chi connectivity index (χ2v) is 4.51. The summed E-state index contributed by atoms with van der Waals surface area (Å²) in [5.74, 6) is 0.728. The molecule has 1 heterocycles. The van der Waals surface area contributed by atoms with E-state index in [1.54, 1.807) is 17.5 Å². The summed E-state index contributed by atoms with van der Waals surface area (Å²) in [6, 6.07) is 0. The van der Waals surface area contributed by atoms with Crippen molar-refractivity contribution >= 4 is 11.3 Å². The molecule has 0 aromatic carbocycles. The van der Waals surface area contributed by atoms with Crippen LogP contribution in [0.1, 0.15) is 30.2 Å². The Morgan fingerprint density at radius 3 is 2.83 bits per heavy atom. The summed E-state index contributed by atoms with van der Waals surface area (Å²) in [5, 5.41) is 9.94. The van der Waals surface area contributed by atoms with Crippen molar-refractivity contribution in [3.8, 4) is 0 Å². The van der Waals surface area contributed by atoms with Crippen molar-refractivity contribution in [1.29, 1.82) is 0 Å². The molecule has 0 saturated heterocycles. The van der Waals surface area contributed by atoms with Crippen LogP contribution in [0.4, 0.5) is 0 Å². The lowest BCUT2D eigenvalue weighted by Crippen LogP contribution is -1.90. The first kappa shape index (κ1) is 9.68. The highest BCUT2D eigenvalue weighted by molar-refractivity contribution is 7.11. The lowest BCUT2D eigenvalue weighted by Gasteiger charge is -1.99. The van der Waals surface area contributed by atoms with Gasteiger partial charge in [-0.2, -0.15) is 0 Å². The smallest absolute Gasteiger partial charge is 0.0928 e.